The summed E-state index contributed by atoms with van der Waals surface area (Å²) in [5.41, 5.74) is 2.28. The van der Waals surface area contributed by atoms with Crippen LogP contribution in [0.4, 0.5) is 0 Å². The van der Waals surface area contributed by atoms with Crippen molar-refractivity contribution in [3.8, 4) is 5.75 Å². The lowest BCUT2D eigenvalue weighted by atomic mass is 10.0. The van der Waals surface area contributed by atoms with Crippen LogP contribution in [-0.4, -0.2) is 51.2 Å². The van der Waals surface area contributed by atoms with E-state index in [2.05, 4.69) is 52.4 Å². The lowest BCUT2D eigenvalue weighted by Crippen LogP contribution is -2.42. The van der Waals surface area contributed by atoms with Crippen molar-refractivity contribution in [2.24, 2.45) is 0 Å². The minimum atomic E-state index is -0.0698. The summed E-state index contributed by atoms with van der Waals surface area (Å²) in [6.45, 7) is 7.90. The van der Waals surface area contributed by atoms with E-state index in [9.17, 15) is 4.79 Å². The van der Waals surface area contributed by atoms with Crippen molar-refractivity contribution < 1.29 is 14.0 Å². The molecule has 21 heavy (non-hydrogen) atoms. The maximum absolute atomic E-state index is 11.8. The quantitative estimate of drug-likeness (QED) is 0.784. The Bertz CT molecular complexity index is 476. The molecule has 1 amide bonds. The molecule has 0 aliphatic heterocycles. The molecule has 1 rings (SSSR count). The maximum atomic E-state index is 11.8. The van der Waals surface area contributed by atoms with Crippen LogP contribution in [0, 0.1) is 6.92 Å². The van der Waals surface area contributed by atoms with E-state index in [0.717, 1.165) is 27.9 Å². The van der Waals surface area contributed by atoms with E-state index >= 15 is 0 Å². The van der Waals surface area contributed by atoms with Crippen molar-refractivity contribution in [3.63, 3.8) is 0 Å². The van der Waals surface area contributed by atoms with Gasteiger partial charge in [0.25, 0.3) is 5.91 Å². The topological polar surface area (TPSA) is 38.3 Å². The van der Waals surface area contributed by atoms with Gasteiger partial charge in [-0.25, -0.2) is 0 Å². The molecule has 4 heteroatoms. The Morgan fingerprint density at radius 2 is 1.95 bits per heavy atom. The van der Waals surface area contributed by atoms with Gasteiger partial charge in [-0.15, -0.1) is 0 Å². The molecule has 1 aromatic carbocycles. The molecule has 1 aromatic rings. The molecule has 0 heterocycles. The Hall–Kier alpha value is -1.55. The lowest BCUT2D eigenvalue weighted by molar-refractivity contribution is -0.869. The van der Waals surface area contributed by atoms with Gasteiger partial charge in [0, 0.05) is 0 Å². The summed E-state index contributed by atoms with van der Waals surface area (Å²) >= 11 is 0. The van der Waals surface area contributed by atoms with Gasteiger partial charge in [-0.1, -0.05) is 26.0 Å². The highest BCUT2D eigenvalue weighted by atomic mass is 16.5. The lowest BCUT2D eigenvalue weighted by Gasteiger charge is -2.23. The van der Waals surface area contributed by atoms with Gasteiger partial charge in [-0.3, -0.25) is 4.79 Å². The van der Waals surface area contributed by atoms with Crippen molar-refractivity contribution in [2.45, 2.75) is 26.7 Å². The second-order valence-corrected chi connectivity index (χ2v) is 6.85. The molecule has 0 aliphatic rings. The molecule has 0 saturated heterocycles. The zero-order valence-corrected chi connectivity index (χ0v) is 14.2. The van der Waals surface area contributed by atoms with E-state index in [-0.39, 0.29) is 12.5 Å². The summed E-state index contributed by atoms with van der Waals surface area (Å²) in [5, 5.41) is 2.89. The zero-order chi connectivity index (χ0) is 16.0. The molecule has 0 unspecified atom stereocenters. The number of nitrogens with one attached hydrogen (secondary N) is 1. The van der Waals surface area contributed by atoms with Crippen molar-refractivity contribution in [1.29, 1.82) is 0 Å². The third-order valence-corrected chi connectivity index (χ3v) is 3.25. The summed E-state index contributed by atoms with van der Waals surface area (Å²) in [6.07, 6.45) is 0. The number of benzene rings is 1. The SMILES string of the molecule is Cc1ccc(C(C)C)c(OCC(=O)NCC[N+](C)(C)C)c1. The summed E-state index contributed by atoms with van der Waals surface area (Å²) in [5.74, 6) is 1.12. The number of amides is 1. The molecule has 4 nitrogen and oxygen atoms in total. The van der Waals surface area contributed by atoms with Crippen LogP contribution in [-0.2, 0) is 4.79 Å². The molecule has 0 spiro atoms. The Kier molecular flexibility index (Phi) is 6.21. The minimum Gasteiger partial charge on any atom is -0.483 e. The highest BCUT2D eigenvalue weighted by Gasteiger charge is 2.11. The third-order valence-electron chi connectivity index (χ3n) is 3.25. The highest BCUT2D eigenvalue weighted by molar-refractivity contribution is 5.77. The predicted molar refractivity (Wildman–Crippen MR) is 86.7 cm³/mol. The van der Waals surface area contributed by atoms with Crippen LogP contribution in [0.1, 0.15) is 30.9 Å². The van der Waals surface area contributed by atoms with Gasteiger partial charge in [0.1, 0.15) is 5.75 Å². The number of nitrogens with zero attached hydrogens (tertiary/aromatic N) is 1. The highest BCUT2D eigenvalue weighted by Crippen LogP contribution is 2.27. The van der Waals surface area contributed by atoms with Crippen LogP contribution in [0.3, 0.4) is 0 Å². The standard InChI is InChI=1S/C17H28N2O2/c1-13(2)15-8-7-14(3)11-16(15)21-12-17(20)18-9-10-19(4,5)6/h7-8,11,13H,9-10,12H2,1-6H3/p+1. The van der Waals surface area contributed by atoms with Crippen molar-refractivity contribution in [2.75, 3.05) is 40.8 Å². The number of likely N-dealkylation sites (N-methyl/N-ethyl adjacent to an activating group) is 1. The summed E-state index contributed by atoms with van der Waals surface area (Å²) < 4.78 is 6.54. The molecule has 0 aromatic heterocycles. The second-order valence-electron chi connectivity index (χ2n) is 6.85. The second kappa shape index (κ2) is 7.46. The molecule has 0 saturated carbocycles. The summed E-state index contributed by atoms with van der Waals surface area (Å²) in [4.78, 5) is 11.8. The fourth-order valence-electron chi connectivity index (χ4n) is 1.97. The first-order chi connectivity index (χ1) is 9.69. The number of carbonyl (C=O) groups is 1. The average molecular weight is 293 g/mol. The molecule has 0 fully saturated rings. The van der Waals surface area contributed by atoms with Gasteiger partial charge in [-0.05, 0) is 30.0 Å². The number of carbonyl (C=O) groups excluding carboxylic acids is 1. The van der Waals surface area contributed by atoms with Crippen molar-refractivity contribution in [3.05, 3.63) is 29.3 Å². The third kappa shape index (κ3) is 6.63. The number of hydrogen-bond acceptors (Lipinski definition) is 2. The Morgan fingerprint density at radius 3 is 2.52 bits per heavy atom. The zero-order valence-electron chi connectivity index (χ0n) is 14.2. The van der Waals surface area contributed by atoms with Crippen LogP contribution in [0.25, 0.3) is 0 Å². The van der Waals surface area contributed by atoms with Gasteiger partial charge in [0.2, 0.25) is 0 Å². The molecule has 0 radical (unpaired) electrons. The van der Waals surface area contributed by atoms with Crippen LogP contribution in [0.15, 0.2) is 18.2 Å². The van der Waals surface area contributed by atoms with E-state index < -0.39 is 0 Å². The Labute approximate surface area is 128 Å². The molecule has 118 valence electrons. The predicted octanol–water partition coefficient (Wildman–Crippen LogP) is 2.32. The fourth-order valence-corrected chi connectivity index (χ4v) is 1.97. The first-order valence-corrected chi connectivity index (χ1v) is 7.49. The fraction of sp³-hybridized carbons (Fsp3) is 0.588. The summed E-state index contributed by atoms with van der Waals surface area (Å²) in [6, 6.07) is 6.14. The molecular weight excluding hydrogens is 264 g/mol. The van der Waals surface area contributed by atoms with Gasteiger partial charge in [0.05, 0.1) is 34.2 Å². The number of quaternary nitrogens is 1. The Morgan fingerprint density at radius 1 is 1.29 bits per heavy atom. The minimum absolute atomic E-state index is 0.0698. The van der Waals surface area contributed by atoms with E-state index in [1.807, 2.05) is 13.0 Å². The molecule has 0 atom stereocenters. The number of ether oxygens (including phenoxy) is 1. The Balaban J connectivity index is 2.51. The van der Waals surface area contributed by atoms with Gasteiger partial charge in [0.15, 0.2) is 6.61 Å². The van der Waals surface area contributed by atoms with E-state index in [0.29, 0.717) is 12.5 Å². The summed E-state index contributed by atoms with van der Waals surface area (Å²) in [7, 11) is 6.30. The molecule has 0 aliphatic carbocycles. The average Bonchev–Trinajstić information content (AvgIpc) is 2.34. The van der Waals surface area contributed by atoms with Gasteiger partial charge in [-0.2, -0.15) is 0 Å². The monoisotopic (exact) mass is 293 g/mol. The molecule has 1 N–H and O–H groups in total. The number of rotatable bonds is 7. The van der Waals surface area contributed by atoms with Crippen LogP contribution < -0.4 is 10.1 Å². The van der Waals surface area contributed by atoms with Crippen molar-refractivity contribution in [1.82, 2.24) is 5.32 Å². The van der Waals surface area contributed by atoms with Gasteiger partial charge >= 0.3 is 0 Å². The largest absolute Gasteiger partial charge is 0.483 e. The number of hydrogen-bond donors (Lipinski definition) is 1. The smallest absolute Gasteiger partial charge is 0.258 e. The van der Waals surface area contributed by atoms with E-state index in [4.69, 9.17) is 4.74 Å². The van der Waals surface area contributed by atoms with E-state index in [1.54, 1.807) is 0 Å². The van der Waals surface area contributed by atoms with Crippen molar-refractivity contribution >= 4 is 5.91 Å². The van der Waals surface area contributed by atoms with Gasteiger partial charge < -0.3 is 14.5 Å². The first-order valence-electron chi connectivity index (χ1n) is 7.49. The van der Waals surface area contributed by atoms with Crippen LogP contribution in [0.2, 0.25) is 0 Å². The first kappa shape index (κ1) is 17.5. The van der Waals surface area contributed by atoms with Crippen LogP contribution >= 0.6 is 0 Å². The normalized spacial score (nSPS) is 11.6. The van der Waals surface area contributed by atoms with Crippen LogP contribution in [0.5, 0.6) is 5.75 Å². The molecule has 0 bridgehead atoms. The van der Waals surface area contributed by atoms with E-state index in [1.165, 1.54) is 0 Å². The number of aryl methyl sites for hydroxylation is 1. The maximum Gasteiger partial charge on any atom is 0.258 e. The molecular formula is C17H29N2O2+.